The number of ether oxygens (including phenoxy) is 1. The maximum Gasteiger partial charge on any atom is 0.336 e. The molecule has 0 aliphatic rings. The fourth-order valence-electron chi connectivity index (χ4n) is 3.66. The number of Topliss-reactive ketones (excluding diaryl/α,β-unsaturated/α-hetero) is 1. The summed E-state index contributed by atoms with van der Waals surface area (Å²) < 4.78 is 5.13. The van der Waals surface area contributed by atoms with E-state index in [0.717, 1.165) is 10.3 Å². The molecular weight excluding hydrogens is 450 g/mol. The number of hydrogen-bond donors (Lipinski definition) is 2. The lowest BCUT2D eigenvalue weighted by atomic mass is 9.98. The first kappa shape index (κ1) is 25.5. The monoisotopic (exact) mass is 477 g/mol. The molecule has 3 N–H and O–H groups in total. The van der Waals surface area contributed by atoms with Gasteiger partial charge >= 0.3 is 11.9 Å². The van der Waals surface area contributed by atoms with Crippen LogP contribution in [0.1, 0.15) is 35.7 Å². The molecule has 0 saturated carbocycles. The second-order valence-corrected chi connectivity index (χ2v) is 7.93. The molecule has 0 fully saturated rings. The number of carboxylic acids is 1. The molecule has 1 amide bonds. The number of fused-ring (bicyclic) bond motifs is 1. The number of aromatic nitrogens is 1. The minimum atomic E-state index is -1.65. The second-order valence-electron chi connectivity index (χ2n) is 7.93. The highest BCUT2D eigenvalue weighted by Crippen LogP contribution is 2.20. The maximum absolute atomic E-state index is 13.7. The van der Waals surface area contributed by atoms with Gasteiger partial charge in [0, 0.05) is 24.5 Å². The summed E-state index contributed by atoms with van der Waals surface area (Å²) in [4.78, 5) is 56.4. The molecule has 0 aliphatic heterocycles. The largest absolute Gasteiger partial charge is 0.481 e. The Hall–Kier alpha value is -4.11. The van der Waals surface area contributed by atoms with Crippen molar-refractivity contribution in [1.29, 1.82) is 0 Å². The summed E-state index contributed by atoms with van der Waals surface area (Å²) in [7, 11) is 0. The van der Waals surface area contributed by atoms with Crippen LogP contribution in [0, 0.1) is 0 Å². The number of carboxylic acid groups (broad SMARTS) is 1. The molecular formula is C26H27N3O6. The van der Waals surface area contributed by atoms with Gasteiger partial charge in [0.1, 0.15) is 0 Å². The topological polar surface area (TPSA) is 140 Å². The molecule has 182 valence electrons. The number of hydrogen-bond acceptors (Lipinski definition) is 7. The van der Waals surface area contributed by atoms with Crippen LogP contribution in [-0.4, -0.2) is 57.3 Å². The molecule has 1 heterocycles. The van der Waals surface area contributed by atoms with Crippen molar-refractivity contribution in [3.63, 3.8) is 0 Å². The van der Waals surface area contributed by atoms with Gasteiger partial charge in [-0.25, -0.2) is 4.79 Å². The average molecular weight is 478 g/mol. The second kappa shape index (κ2) is 11.8. The smallest absolute Gasteiger partial charge is 0.336 e. The zero-order valence-electron chi connectivity index (χ0n) is 19.3. The highest BCUT2D eigenvalue weighted by atomic mass is 16.5. The van der Waals surface area contributed by atoms with Gasteiger partial charge in [0.15, 0.2) is 11.8 Å². The Balaban J connectivity index is 2.04. The molecule has 1 unspecified atom stereocenters. The Morgan fingerprint density at radius 1 is 1.06 bits per heavy atom. The van der Waals surface area contributed by atoms with Crippen LogP contribution in [0.4, 0.5) is 0 Å². The van der Waals surface area contributed by atoms with Gasteiger partial charge in [-0.1, -0.05) is 48.5 Å². The highest BCUT2D eigenvalue weighted by Gasteiger charge is 2.40. The summed E-state index contributed by atoms with van der Waals surface area (Å²) in [6.07, 6.45) is 0.846. The van der Waals surface area contributed by atoms with E-state index in [9.17, 15) is 19.2 Å². The van der Waals surface area contributed by atoms with E-state index < -0.39 is 35.7 Å². The van der Waals surface area contributed by atoms with E-state index in [4.69, 9.17) is 15.6 Å². The van der Waals surface area contributed by atoms with Crippen LogP contribution < -0.4 is 5.73 Å². The van der Waals surface area contributed by atoms with Crippen molar-refractivity contribution in [3.05, 3.63) is 78.0 Å². The minimum Gasteiger partial charge on any atom is -0.481 e. The number of amides is 1. The fourth-order valence-corrected chi connectivity index (χ4v) is 3.66. The molecule has 9 heteroatoms. The third-order valence-corrected chi connectivity index (χ3v) is 5.42. The maximum atomic E-state index is 13.7. The van der Waals surface area contributed by atoms with Crippen LogP contribution in [0.15, 0.2) is 66.9 Å². The number of benzene rings is 2. The predicted molar refractivity (Wildman–Crippen MR) is 128 cm³/mol. The Kier molecular flexibility index (Phi) is 8.63. The van der Waals surface area contributed by atoms with Crippen molar-refractivity contribution in [2.24, 2.45) is 5.73 Å². The van der Waals surface area contributed by atoms with Gasteiger partial charge in [-0.3, -0.25) is 19.4 Å². The van der Waals surface area contributed by atoms with Gasteiger partial charge < -0.3 is 20.5 Å². The van der Waals surface area contributed by atoms with Crippen molar-refractivity contribution in [3.8, 4) is 0 Å². The summed E-state index contributed by atoms with van der Waals surface area (Å²) >= 11 is 0. The van der Waals surface area contributed by atoms with Crippen LogP contribution in [0.25, 0.3) is 10.9 Å². The van der Waals surface area contributed by atoms with Gasteiger partial charge in [-0.2, -0.15) is 0 Å². The zero-order chi connectivity index (χ0) is 25.4. The number of nitrogens with two attached hydrogens (primary N) is 1. The molecule has 3 rings (SSSR count). The van der Waals surface area contributed by atoms with Crippen LogP contribution in [-0.2, 0) is 25.7 Å². The van der Waals surface area contributed by atoms with E-state index in [1.165, 1.54) is 6.20 Å². The third kappa shape index (κ3) is 6.48. The van der Waals surface area contributed by atoms with E-state index in [1.807, 2.05) is 12.1 Å². The summed E-state index contributed by atoms with van der Waals surface area (Å²) in [5.41, 5.74) is 7.52. The number of rotatable bonds is 11. The van der Waals surface area contributed by atoms with Crippen LogP contribution in [0.5, 0.6) is 0 Å². The lowest BCUT2D eigenvalue weighted by molar-refractivity contribution is -0.152. The number of carbonyl (C=O) groups excluding carboxylic acids is 3. The first-order valence-corrected chi connectivity index (χ1v) is 11.2. The molecule has 0 saturated heterocycles. The van der Waals surface area contributed by atoms with Crippen LogP contribution in [0.2, 0.25) is 0 Å². The van der Waals surface area contributed by atoms with Gasteiger partial charge in [-0.15, -0.1) is 0 Å². The fraction of sp³-hybridized carbons (Fsp3) is 0.269. The Bertz CT molecular complexity index is 1210. The van der Waals surface area contributed by atoms with Gasteiger partial charge in [-0.05, 0) is 31.0 Å². The molecule has 0 spiro atoms. The normalized spacial score (nSPS) is 12.5. The summed E-state index contributed by atoms with van der Waals surface area (Å²) in [6, 6.07) is 14.8. The van der Waals surface area contributed by atoms with Gasteiger partial charge in [0.05, 0.1) is 23.7 Å². The van der Waals surface area contributed by atoms with E-state index in [-0.39, 0.29) is 31.6 Å². The number of para-hydroxylation sites is 1. The minimum absolute atomic E-state index is 0.0160. The standard InChI is InChI=1S/C26H27N3O6/c1-2-35-26(34)23(24(32)20(27)12-13-22(30)31)29(16-17-8-4-3-5-9-17)25(33)19-14-18-10-6-7-11-21(18)28-15-19/h3-11,14-15,20,23H,2,12-13,16,27H2,1H3,(H,30,31)/t20?,23-/m1/s1. The SMILES string of the molecule is CCOC(=O)[C@@H](C(=O)C(N)CCC(=O)O)N(Cc1ccccc1)C(=O)c1cnc2ccccc2c1. The molecule has 2 aromatic carbocycles. The number of ketones is 1. The Labute approximate surface area is 202 Å². The first-order chi connectivity index (χ1) is 16.8. The molecule has 1 aromatic heterocycles. The van der Waals surface area contributed by atoms with Gasteiger partial charge in [0.25, 0.3) is 5.91 Å². The number of nitrogens with zero attached hydrogens (tertiary/aromatic N) is 2. The van der Waals surface area contributed by atoms with E-state index in [1.54, 1.807) is 55.5 Å². The van der Waals surface area contributed by atoms with Crippen molar-refractivity contribution in [1.82, 2.24) is 9.88 Å². The summed E-state index contributed by atoms with van der Waals surface area (Å²) in [5, 5.41) is 9.69. The van der Waals surface area contributed by atoms with Crippen molar-refractivity contribution in [2.45, 2.75) is 38.4 Å². The van der Waals surface area contributed by atoms with E-state index in [2.05, 4.69) is 4.98 Å². The van der Waals surface area contributed by atoms with Crippen LogP contribution in [0.3, 0.4) is 0 Å². The van der Waals surface area contributed by atoms with E-state index >= 15 is 0 Å². The molecule has 0 bridgehead atoms. The van der Waals surface area contributed by atoms with Crippen molar-refractivity contribution < 1.29 is 29.0 Å². The number of esters is 1. The highest BCUT2D eigenvalue weighted by molar-refractivity contribution is 6.10. The summed E-state index contributed by atoms with van der Waals surface area (Å²) in [6.45, 7) is 1.49. The van der Waals surface area contributed by atoms with Crippen molar-refractivity contribution in [2.75, 3.05) is 6.61 Å². The Morgan fingerprint density at radius 2 is 1.74 bits per heavy atom. The number of aliphatic carboxylic acids is 1. The summed E-state index contributed by atoms with van der Waals surface area (Å²) in [5.74, 6) is -3.45. The van der Waals surface area contributed by atoms with Crippen LogP contribution >= 0.6 is 0 Å². The quantitative estimate of drug-likeness (QED) is 0.317. The molecule has 2 atom stereocenters. The molecule has 3 aromatic rings. The molecule has 0 aliphatic carbocycles. The molecule has 9 nitrogen and oxygen atoms in total. The first-order valence-electron chi connectivity index (χ1n) is 11.2. The lowest BCUT2D eigenvalue weighted by Crippen LogP contribution is -2.55. The number of pyridine rings is 1. The third-order valence-electron chi connectivity index (χ3n) is 5.42. The molecule has 35 heavy (non-hydrogen) atoms. The average Bonchev–Trinajstić information content (AvgIpc) is 2.86. The Morgan fingerprint density at radius 3 is 2.43 bits per heavy atom. The van der Waals surface area contributed by atoms with Gasteiger partial charge in [0.2, 0.25) is 0 Å². The van der Waals surface area contributed by atoms with Crippen molar-refractivity contribution >= 4 is 34.5 Å². The number of carbonyl (C=O) groups is 4. The lowest BCUT2D eigenvalue weighted by Gasteiger charge is -2.31. The van der Waals surface area contributed by atoms with E-state index in [0.29, 0.717) is 11.1 Å². The predicted octanol–water partition coefficient (Wildman–Crippen LogP) is 2.57. The molecule has 0 radical (unpaired) electrons. The zero-order valence-corrected chi connectivity index (χ0v) is 19.3.